The van der Waals surface area contributed by atoms with Crippen LogP contribution in [0, 0.1) is 5.82 Å². The van der Waals surface area contributed by atoms with Crippen LogP contribution >= 0.6 is 0 Å². The number of halogens is 1. The molecule has 2 amide bonds. The summed E-state index contributed by atoms with van der Waals surface area (Å²) in [6.07, 6.45) is 0. The summed E-state index contributed by atoms with van der Waals surface area (Å²) in [7, 11) is 0. The molecular formula is C13H14FN3O2. The average molecular weight is 263 g/mol. The summed E-state index contributed by atoms with van der Waals surface area (Å²) in [4.78, 5) is 27.1. The van der Waals surface area contributed by atoms with Crippen LogP contribution in [0.2, 0.25) is 0 Å². The molecule has 19 heavy (non-hydrogen) atoms. The molecule has 1 aromatic rings. The van der Waals surface area contributed by atoms with Crippen molar-refractivity contribution in [1.82, 2.24) is 10.2 Å². The Morgan fingerprint density at radius 1 is 1.26 bits per heavy atom. The van der Waals surface area contributed by atoms with E-state index in [2.05, 4.69) is 5.32 Å². The number of amides is 2. The number of nitrogens with one attached hydrogen (secondary N) is 1. The summed E-state index contributed by atoms with van der Waals surface area (Å²) in [5, 5.41) is 3.20. The van der Waals surface area contributed by atoms with Gasteiger partial charge in [-0.3, -0.25) is 9.59 Å². The highest BCUT2D eigenvalue weighted by molar-refractivity contribution is 6.41. The summed E-state index contributed by atoms with van der Waals surface area (Å²) < 4.78 is 13.2. The molecule has 2 aliphatic rings. The highest BCUT2D eigenvalue weighted by atomic mass is 19.1. The molecular weight excluding hydrogens is 249 g/mol. The van der Waals surface area contributed by atoms with E-state index in [-0.39, 0.29) is 6.04 Å². The van der Waals surface area contributed by atoms with Gasteiger partial charge in [0.05, 0.1) is 6.04 Å². The minimum absolute atomic E-state index is 0.0396. The highest BCUT2D eigenvalue weighted by Crippen LogP contribution is 2.22. The first kappa shape index (κ1) is 12.1. The van der Waals surface area contributed by atoms with Crippen LogP contribution in [0.4, 0.5) is 10.1 Å². The molecule has 0 aliphatic carbocycles. The SMILES string of the molecule is O=C1C(=O)N2CCNCC2CN1c1cccc(F)c1. The summed E-state index contributed by atoms with van der Waals surface area (Å²) in [5.41, 5.74) is 0.434. The molecule has 5 nitrogen and oxygen atoms in total. The summed E-state index contributed by atoms with van der Waals surface area (Å²) in [6.45, 7) is 2.31. The van der Waals surface area contributed by atoms with Crippen molar-refractivity contribution in [2.24, 2.45) is 0 Å². The molecule has 1 N–H and O–H groups in total. The van der Waals surface area contributed by atoms with Gasteiger partial charge in [-0.2, -0.15) is 0 Å². The number of nitrogens with zero attached hydrogens (tertiary/aromatic N) is 2. The zero-order valence-electron chi connectivity index (χ0n) is 10.3. The van der Waals surface area contributed by atoms with Crippen LogP contribution in [0.3, 0.4) is 0 Å². The number of fused-ring (bicyclic) bond motifs is 1. The molecule has 6 heteroatoms. The Kier molecular flexibility index (Phi) is 2.94. The molecule has 2 saturated heterocycles. The largest absolute Gasteiger partial charge is 0.327 e. The van der Waals surface area contributed by atoms with Crippen molar-refractivity contribution in [2.75, 3.05) is 31.1 Å². The Morgan fingerprint density at radius 2 is 2.11 bits per heavy atom. The van der Waals surface area contributed by atoms with Crippen molar-refractivity contribution in [3.05, 3.63) is 30.1 Å². The molecule has 3 rings (SSSR count). The lowest BCUT2D eigenvalue weighted by Crippen LogP contribution is -2.65. The maximum atomic E-state index is 13.2. The number of hydrogen-bond donors (Lipinski definition) is 1. The maximum absolute atomic E-state index is 13.2. The van der Waals surface area contributed by atoms with Crippen molar-refractivity contribution in [2.45, 2.75) is 6.04 Å². The molecule has 1 aromatic carbocycles. The van der Waals surface area contributed by atoms with Gasteiger partial charge < -0.3 is 15.1 Å². The fraction of sp³-hybridized carbons (Fsp3) is 0.385. The van der Waals surface area contributed by atoms with Gasteiger partial charge in [0.1, 0.15) is 5.82 Å². The third kappa shape index (κ3) is 2.08. The van der Waals surface area contributed by atoms with Gasteiger partial charge >= 0.3 is 11.8 Å². The lowest BCUT2D eigenvalue weighted by Gasteiger charge is -2.43. The molecule has 0 saturated carbocycles. The van der Waals surface area contributed by atoms with E-state index in [1.807, 2.05) is 0 Å². The zero-order valence-corrected chi connectivity index (χ0v) is 10.3. The van der Waals surface area contributed by atoms with Crippen molar-refractivity contribution in [1.29, 1.82) is 0 Å². The first-order valence-corrected chi connectivity index (χ1v) is 6.25. The molecule has 0 aromatic heterocycles. The van der Waals surface area contributed by atoms with Gasteiger partial charge in [0.15, 0.2) is 0 Å². The lowest BCUT2D eigenvalue weighted by atomic mass is 10.1. The van der Waals surface area contributed by atoms with E-state index in [1.54, 1.807) is 11.0 Å². The van der Waals surface area contributed by atoms with Gasteiger partial charge in [0.25, 0.3) is 0 Å². The van der Waals surface area contributed by atoms with Gasteiger partial charge in [0.2, 0.25) is 0 Å². The molecule has 0 bridgehead atoms. The van der Waals surface area contributed by atoms with Gasteiger partial charge in [-0.05, 0) is 18.2 Å². The van der Waals surface area contributed by atoms with E-state index in [0.717, 1.165) is 0 Å². The van der Waals surface area contributed by atoms with E-state index in [9.17, 15) is 14.0 Å². The second-order valence-electron chi connectivity index (χ2n) is 4.75. The molecule has 100 valence electrons. The van der Waals surface area contributed by atoms with E-state index in [1.165, 1.54) is 23.1 Å². The predicted octanol–water partition coefficient (Wildman–Crippen LogP) is -0.0273. The van der Waals surface area contributed by atoms with Crippen LogP contribution in [0.1, 0.15) is 0 Å². The topological polar surface area (TPSA) is 52.7 Å². The molecule has 0 spiro atoms. The molecule has 2 aliphatic heterocycles. The number of piperazine rings is 2. The average Bonchev–Trinajstić information content (AvgIpc) is 2.43. The quantitative estimate of drug-likeness (QED) is 0.724. The van der Waals surface area contributed by atoms with E-state index in [0.29, 0.717) is 31.9 Å². The van der Waals surface area contributed by atoms with Gasteiger partial charge in [-0.1, -0.05) is 6.07 Å². The van der Waals surface area contributed by atoms with Crippen LogP contribution in [0.5, 0.6) is 0 Å². The van der Waals surface area contributed by atoms with Crippen molar-refractivity contribution < 1.29 is 14.0 Å². The number of benzene rings is 1. The minimum atomic E-state index is -0.580. The van der Waals surface area contributed by atoms with Crippen molar-refractivity contribution >= 4 is 17.5 Å². The van der Waals surface area contributed by atoms with Gasteiger partial charge in [0, 0.05) is 31.9 Å². The third-order valence-corrected chi connectivity index (χ3v) is 3.55. The summed E-state index contributed by atoms with van der Waals surface area (Å²) >= 11 is 0. The number of carbonyl (C=O) groups is 2. The van der Waals surface area contributed by atoms with Gasteiger partial charge in [-0.15, -0.1) is 0 Å². The molecule has 1 unspecified atom stereocenters. The number of rotatable bonds is 1. The Morgan fingerprint density at radius 3 is 2.89 bits per heavy atom. The maximum Gasteiger partial charge on any atom is 0.316 e. The monoisotopic (exact) mass is 263 g/mol. The van der Waals surface area contributed by atoms with Crippen molar-refractivity contribution in [3.63, 3.8) is 0 Å². The van der Waals surface area contributed by atoms with E-state index >= 15 is 0 Å². The second-order valence-corrected chi connectivity index (χ2v) is 4.75. The van der Waals surface area contributed by atoms with Crippen LogP contribution in [-0.4, -0.2) is 48.9 Å². The number of hydrogen-bond acceptors (Lipinski definition) is 3. The molecule has 2 fully saturated rings. The van der Waals surface area contributed by atoms with Gasteiger partial charge in [-0.25, -0.2) is 4.39 Å². The van der Waals surface area contributed by atoms with E-state index < -0.39 is 17.6 Å². The second kappa shape index (κ2) is 4.62. The molecule has 1 atom stereocenters. The normalized spacial score (nSPS) is 23.5. The zero-order chi connectivity index (χ0) is 13.4. The molecule has 0 radical (unpaired) electrons. The Bertz CT molecular complexity index is 534. The summed E-state index contributed by atoms with van der Waals surface area (Å²) in [5.74, 6) is -1.49. The standard InChI is InChI=1S/C13H14FN3O2/c14-9-2-1-3-10(6-9)17-8-11-7-15-4-5-16(11)12(18)13(17)19/h1-3,6,11,15H,4-5,7-8H2. The van der Waals surface area contributed by atoms with Crippen molar-refractivity contribution in [3.8, 4) is 0 Å². The first-order chi connectivity index (χ1) is 9.16. The Labute approximate surface area is 110 Å². The third-order valence-electron chi connectivity index (χ3n) is 3.55. The first-order valence-electron chi connectivity index (χ1n) is 6.25. The lowest BCUT2D eigenvalue weighted by molar-refractivity contribution is -0.149. The molecule has 2 heterocycles. The van der Waals surface area contributed by atoms with E-state index in [4.69, 9.17) is 0 Å². The number of anilines is 1. The van der Waals surface area contributed by atoms with Crippen LogP contribution in [-0.2, 0) is 9.59 Å². The minimum Gasteiger partial charge on any atom is -0.327 e. The van der Waals surface area contributed by atoms with Crippen LogP contribution in [0.15, 0.2) is 24.3 Å². The smallest absolute Gasteiger partial charge is 0.316 e. The fourth-order valence-corrected chi connectivity index (χ4v) is 2.59. The fourth-order valence-electron chi connectivity index (χ4n) is 2.59. The summed E-state index contributed by atoms with van der Waals surface area (Å²) in [6, 6.07) is 5.72. The van der Waals surface area contributed by atoms with Crippen LogP contribution < -0.4 is 10.2 Å². The predicted molar refractivity (Wildman–Crippen MR) is 67.1 cm³/mol. The van der Waals surface area contributed by atoms with Crippen LogP contribution in [0.25, 0.3) is 0 Å². The Balaban J connectivity index is 1.90. The highest BCUT2D eigenvalue weighted by Gasteiger charge is 2.40. The Hall–Kier alpha value is -1.95. The number of carbonyl (C=O) groups excluding carboxylic acids is 2.